The molecule has 1 unspecified atom stereocenters. The van der Waals surface area contributed by atoms with Crippen molar-refractivity contribution in [2.24, 2.45) is 5.10 Å². The molecular weight excluding hydrogens is 482 g/mol. The summed E-state index contributed by atoms with van der Waals surface area (Å²) < 4.78 is 10.8. The van der Waals surface area contributed by atoms with Gasteiger partial charge in [-0.3, -0.25) is 19.3 Å². The van der Waals surface area contributed by atoms with Crippen LogP contribution >= 0.6 is 11.6 Å². The number of fused-ring (bicyclic) bond motifs is 1. The van der Waals surface area contributed by atoms with E-state index >= 15 is 0 Å². The van der Waals surface area contributed by atoms with E-state index in [0.717, 1.165) is 16.8 Å². The Morgan fingerprint density at radius 1 is 1.00 bits per heavy atom. The van der Waals surface area contributed by atoms with Gasteiger partial charge in [0, 0.05) is 11.4 Å². The Morgan fingerprint density at radius 3 is 2.47 bits per heavy atom. The lowest BCUT2D eigenvalue weighted by Gasteiger charge is -2.25. The van der Waals surface area contributed by atoms with Gasteiger partial charge in [-0.05, 0) is 41.5 Å². The molecule has 0 aromatic heterocycles. The minimum atomic E-state index is -0.769. The van der Waals surface area contributed by atoms with Crippen LogP contribution in [0.4, 0.5) is 5.69 Å². The maximum absolute atomic E-state index is 13.6. The molecule has 1 atom stereocenters. The van der Waals surface area contributed by atoms with E-state index in [1.807, 2.05) is 42.5 Å². The van der Waals surface area contributed by atoms with Gasteiger partial charge in [0.2, 0.25) is 0 Å². The number of Topliss-reactive ketones (excluding diaryl/α,β-unsaturated/α-hetero) is 1. The maximum atomic E-state index is 13.6. The highest BCUT2D eigenvalue weighted by atomic mass is 35.5. The molecule has 8 nitrogen and oxygen atoms in total. The van der Waals surface area contributed by atoms with Gasteiger partial charge in [0.05, 0.1) is 37.2 Å². The van der Waals surface area contributed by atoms with Crippen molar-refractivity contribution < 1.29 is 23.9 Å². The van der Waals surface area contributed by atoms with Gasteiger partial charge < -0.3 is 9.47 Å². The first-order valence-corrected chi connectivity index (χ1v) is 11.6. The zero-order valence-electron chi connectivity index (χ0n) is 19.6. The Balaban J connectivity index is 1.49. The standard InChI is InChI=1S/C27H22ClN3O5/c1-35-23-11-8-17(12-24(23)36-2)22-14-20(16-6-4-3-5-7-16)29-31(22)25(32)15-30-21-10-9-18(28)13-19(21)26(33)27(30)34/h3-13,22H,14-15H2,1-2H3. The molecule has 36 heavy (non-hydrogen) atoms. The Hall–Kier alpha value is -4.17. The van der Waals surface area contributed by atoms with E-state index in [9.17, 15) is 14.4 Å². The number of hydrogen-bond donors (Lipinski definition) is 0. The number of ether oxygens (including phenoxy) is 2. The third-order valence-electron chi connectivity index (χ3n) is 6.29. The summed E-state index contributed by atoms with van der Waals surface area (Å²) >= 11 is 6.01. The lowest BCUT2D eigenvalue weighted by atomic mass is 9.98. The van der Waals surface area contributed by atoms with Gasteiger partial charge in [-0.15, -0.1) is 0 Å². The number of anilines is 1. The van der Waals surface area contributed by atoms with Crippen LogP contribution in [0.3, 0.4) is 0 Å². The second-order valence-electron chi connectivity index (χ2n) is 8.37. The van der Waals surface area contributed by atoms with Crippen molar-refractivity contribution >= 4 is 40.6 Å². The quantitative estimate of drug-likeness (QED) is 0.469. The summed E-state index contributed by atoms with van der Waals surface area (Å²) in [6, 6.07) is 19.2. The van der Waals surface area contributed by atoms with Crippen LogP contribution in [0.1, 0.15) is 33.9 Å². The first-order chi connectivity index (χ1) is 17.4. The summed E-state index contributed by atoms with van der Waals surface area (Å²) in [5.74, 6) is -0.787. The van der Waals surface area contributed by atoms with E-state index in [2.05, 4.69) is 5.10 Å². The summed E-state index contributed by atoms with van der Waals surface area (Å²) in [5.41, 5.74) is 2.97. The minimum Gasteiger partial charge on any atom is -0.493 e. The topological polar surface area (TPSA) is 88.5 Å². The van der Waals surface area contributed by atoms with Crippen molar-refractivity contribution in [1.29, 1.82) is 0 Å². The first-order valence-electron chi connectivity index (χ1n) is 11.2. The Kier molecular flexibility index (Phi) is 6.20. The summed E-state index contributed by atoms with van der Waals surface area (Å²) in [7, 11) is 3.10. The minimum absolute atomic E-state index is 0.187. The molecule has 9 heteroatoms. The number of hydrogen-bond acceptors (Lipinski definition) is 6. The highest BCUT2D eigenvalue weighted by Crippen LogP contribution is 2.38. The van der Waals surface area contributed by atoms with Crippen LogP contribution in [-0.4, -0.2) is 49.1 Å². The maximum Gasteiger partial charge on any atom is 0.299 e. The molecule has 0 fully saturated rings. The average Bonchev–Trinajstić information content (AvgIpc) is 3.45. The first kappa shape index (κ1) is 23.6. The van der Waals surface area contributed by atoms with E-state index in [-0.39, 0.29) is 12.1 Å². The molecule has 2 heterocycles. The molecule has 5 rings (SSSR count). The summed E-state index contributed by atoms with van der Waals surface area (Å²) in [4.78, 5) is 40.0. The highest BCUT2D eigenvalue weighted by Gasteiger charge is 2.40. The predicted molar refractivity (Wildman–Crippen MR) is 135 cm³/mol. The number of carbonyl (C=O) groups excluding carboxylic acids is 3. The number of ketones is 1. The number of methoxy groups -OCH3 is 2. The Labute approximate surface area is 212 Å². The second kappa shape index (κ2) is 9.47. The van der Waals surface area contributed by atoms with Crippen LogP contribution in [0.2, 0.25) is 5.02 Å². The van der Waals surface area contributed by atoms with Crippen LogP contribution < -0.4 is 14.4 Å². The predicted octanol–water partition coefficient (Wildman–Crippen LogP) is 4.26. The van der Waals surface area contributed by atoms with E-state index in [1.54, 1.807) is 32.4 Å². The largest absolute Gasteiger partial charge is 0.493 e. The number of carbonyl (C=O) groups is 3. The molecule has 2 amide bonds. The summed E-state index contributed by atoms with van der Waals surface area (Å²) in [6.45, 7) is -0.339. The molecule has 3 aromatic carbocycles. The molecule has 2 aliphatic rings. The van der Waals surface area contributed by atoms with Crippen molar-refractivity contribution in [2.45, 2.75) is 12.5 Å². The number of rotatable bonds is 6. The molecule has 2 aliphatic heterocycles. The molecule has 0 spiro atoms. The van der Waals surface area contributed by atoms with E-state index in [1.165, 1.54) is 16.0 Å². The number of nitrogens with zero attached hydrogens (tertiary/aromatic N) is 3. The van der Waals surface area contributed by atoms with Crippen molar-refractivity contribution in [3.63, 3.8) is 0 Å². The van der Waals surface area contributed by atoms with Gasteiger partial charge in [0.25, 0.3) is 17.6 Å². The van der Waals surface area contributed by atoms with Crippen molar-refractivity contribution in [3.05, 3.63) is 88.4 Å². The third kappa shape index (κ3) is 4.09. The number of hydrazone groups is 1. The van der Waals surface area contributed by atoms with Gasteiger partial charge in [-0.1, -0.05) is 48.0 Å². The van der Waals surface area contributed by atoms with Crippen molar-refractivity contribution in [2.75, 3.05) is 25.7 Å². The SMILES string of the molecule is COc1ccc(C2CC(c3ccccc3)=NN2C(=O)CN2C(=O)C(=O)c3cc(Cl)ccc32)cc1OC. The molecule has 0 saturated heterocycles. The molecule has 0 aliphatic carbocycles. The van der Waals surface area contributed by atoms with Crippen LogP contribution in [0.5, 0.6) is 11.5 Å². The number of amides is 2. The zero-order valence-corrected chi connectivity index (χ0v) is 20.4. The van der Waals surface area contributed by atoms with Crippen LogP contribution in [-0.2, 0) is 9.59 Å². The lowest BCUT2D eigenvalue weighted by molar-refractivity contribution is -0.132. The molecule has 0 bridgehead atoms. The van der Waals surface area contributed by atoms with Crippen LogP contribution in [0.25, 0.3) is 0 Å². The van der Waals surface area contributed by atoms with Crippen LogP contribution in [0, 0.1) is 0 Å². The van der Waals surface area contributed by atoms with E-state index < -0.39 is 23.6 Å². The highest BCUT2D eigenvalue weighted by molar-refractivity contribution is 6.53. The van der Waals surface area contributed by atoms with Crippen molar-refractivity contribution in [3.8, 4) is 11.5 Å². The fourth-order valence-corrected chi connectivity index (χ4v) is 4.67. The zero-order chi connectivity index (χ0) is 25.4. The van der Waals surface area contributed by atoms with Gasteiger partial charge >= 0.3 is 0 Å². The molecule has 3 aromatic rings. The Bertz CT molecular complexity index is 1410. The summed E-state index contributed by atoms with van der Waals surface area (Å²) in [6.07, 6.45) is 0.463. The van der Waals surface area contributed by atoms with E-state index in [0.29, 0.717) is 28.6 Å². The normalized spacial score (nSPS) is 16.8. The Morgan fingerprint density at radius 2 is 1.75 bits per heavy atom. The van der Waals surface area contributed by atoms with Gasteiger partial charge in [-0.25, -0.2) is 5.01 Å². The van der Waals surface area contributed by atoms with Crippen molar-refractivity contribution in [1.82, 2.24) is 5.01 Å². The smallest absolute Gasteiger partial charge is 0.299 e. The van der Waals surface area contributed by atoms with Gasteiger partial charge in [0.1, 0.15) is 6.54 Å². The third-order valence-corrected chi connectivity index (χ3v) is 6.53. The number of benzene rings is 3. The molecule has 182 valence electrons. The fraction of sp³-hybridized carbons (Fsp3) is 0.185. The average molecular weight is 504 g/mol. The lowest BCUT2D eigenvalue weighted by Crippen LogP contribution is -2.40. The molecule has 0 N–H and O–H groups in total. The monoisotopic (exact) mass is 503 g/mol. The van der Waals surface area contributed by atoms with Gasteiger partial charge in [0.15, 0.2) is 11.5 Å². The van der Waals surface area contributed by atoms with E-state index in [4.69, 9.17) is 21.1 Å². The summed E-state index contributed by atoms with van der Waals surface area (Å²) in [5, 5.41) is 6.38. The molecule has 0 radical (unpaired) electrons. The van der Waals surface area contributed by atoms with Gasteiger partial charge in [-0.2, -0.15) is 5.10 Å². The van der Waals surface area contributed by atoms with Crippen LogP contribution in [0.15, 0.2) is 71.8 Å². The fourth-order valence-electron chi connectivity index (χ4n) is 4.50. The second-order valence-corrected chi connectivity index (χ2v) is 8.80. The number of halogens is 1. The molecular formula is C27H22ClN3O5. The molecule has 0 saturated carbocycles.